The minimum absolute atomic E-state index is 0.0233. The van der Waals surface area contributed by atoms with Gasteiger partial charge in [0.15, 0.2) is 0 Å². The Morgan fingerprint density at radius 3 is 2.68 bits per heavy atom. The van der Waals surface area contributed by atoms with E-state index >= 15 is 0 Å². The summed E-state index contributed by atoms with van der Waals surface area (Å²) in [6.07, 6.45) is 2.33. The van der Waals surface area contributed by atoms with Crippen LogP contribution in [0.2, 0.25) is 0 Å². The molecule has 0 aromatic heterocycles. The number of carboxylic acid groups (broad SMARTS) is 1. The molecule has 25 heavy (non-hydrogen) atoms. The Morgan fingerprint density at radius 1 is 1.40 bits per heavy atom. The first-order valence-corrected chi connectivity index (χ1v) is 10.1. The molecule has 1 atom stereocenters. The number of nitrogens with zero attached hydrogens (tertiary/aromatic N) is 1. The van der Waals surface area contributed by atoms with Crippen LogP contribution < -0.4 is 4.72 Å². The lowest BCUT2D eigenvalue weighted by Gasteiger charge is -2.43. The fraction of sp³-hybridized carbons (Fsp3) is 0.611. The Labute approximate surface area is 150 Å². The maximum absolute atomic E-state index is 12.7. The molecule has 1 aliphatic heterocycles. The third-order valence-corrected chi connectivity index (χ3v) is 6.48. The largest absolute Gasteiger partial charge is 0.478 e. The number of aryl methyl sites for hydroxylation is 1. The lowest BCUT2D eigenvalue weighted by atomic mass is 9.94. The summed E-state index contributed by atoms with van der Waals surface area (Å²) in [6, 6.07) is 4.15. The fourth-order valence-corrected chi connectivity index (χ4v) is 4.70. The Hall–Kier alpha value is -1.44. The van der Waals surface area contributed by atoms with E-state index in [1.807, 2.05) is 13.8 Å². The fourth-order valence-electron chi connectivity index (χ4n) is 3.22. The summed E-state index contributed by atoms with van der Waals surface area (Å²) in [7, 11) is -3.77. The second-order valence-electron chi connectivity index (χ2n) is 7.62. The first kappa shape index (κ1) is 19.9. The van der Waals surface area contributed by atoms with Gasteiger partial charge in [0.1, 0.15) is 0 Å². The van der Waals surface area contributed by atoms with Gasteiger partial charge in [0.2, 0.25) is 10.0 Å². The van der Waals surface area contributed by atoms with Gasteiger partial charge in [-0.25, -0.2) is 17.9 Å². The van der Waals surface area contributed by atoms with Crippen molar-refractivity contribution < 1.29 is 18.3 Å². The van der Waals surface area contributed by atoms with Gasteiger partial charge in [-0.15, -0.1) is 0 Å². The molecule has 2 N–H and O–H groups in total. The number of hydrogen-bond donors (Lipinski definition) is 2. The number of aromatic carboxylic acids is 1. The van der Waals surface area contributed by atoms with Crippen molar-refractivity contribution in [3.63, 3.8) is 0 Å². The van der Waals surface area contributed by atoms with E-state index in [2.05, 4.69) is 16.5 Å². The molecular weight excluding hydrogens is 340 g/mol. The van der Waals surface area contributed by atoms with Crippen molar-refractivity contribution in [3.05, 3.63) is 29.3 Å². The van der Waals surface area contributed by atoms with E-state index < -0.39 is 16.0 Å². The average Bonchev–Trinajstić information content (AvgIpc) is 2.53. The van der Waals surface area contributed by atoms with Gasteiger partial charge in [0, 0.05) is 18.6 Å². The Morgan fingerprint density at radius 2 is 2.08 bits per heavy atom. The second-order valence-corrected chi connectivity index (χ2v) is 9.35. The van der Waals surface area contributed by atoms with Crippen molar-refractivity contribution in [1.29, 1.82) is 0 Å². The van der Waals surface area contributed by atoms with Crippen molar-refractivity contribution in [3.8, 4) is 0 Å². The van der Waals surface area contributed by atoms with Gasteiger partial charge in [-0.2, -0.15) is 0 Å². The zero-order chi connectivity index (χ0) is 18.8. The molecule has 0 spiro atoms. The van der Waals surface area contributed by atoms with E-state index in [1.165, 1.54) is 24.6 Å². The Kier molecular flexibility index (Phi) is 5.91. The highest BCUT2D eigenvalue weighted by Gasteiger charge is 2.32. The molecule has 0 amide bonds. The molecule has 0 saturated carbocycles. The van der Waals surface area contributed by atoms with Gasteiger partial charge >= 0.3 is 5.97 Å². The topological polar surface area (TPSA) is 86.7 Å². The van der Waals surface area contributed by atoms with Gasteiger partial charge in [0.25, 0.3) is 0 Å². The number of nitrogens with one attached hydrogen (secondary N) is 1. The lowest BCUT2D eigenvalue weighted by molar-refractivity contribution is 0.0696. The van der Waals surface area contributed by atoms with Gasteiger partial charge in [-0.3, -0.25) is 4.90 Å². The van der Waals surface area contributed by atoms with Gasteiger partial charge in [-0.1, -0.05) is 13.0 Å². The Balaban J connectivity index is 2.16. The number of likely N-dealkylation sites (tertiary alicyclic amines) is 1. The van der Waals surface area contributed by atoms with Crippen molar-refractivity contribution in [2.75, 3.05) is 19.6 Å². The normalized spacial score (nSPS) is 19.8. The molecule has 6 nitrogen and oxygen atoms in total. The van der Waals surface area contributed by atoms with E-state index in [0.717, 1.165) is 19.5 Å². The van der Waals surface area contributed by atoms with Crippen molar-refractivity contribution in [2.45, 2.75) is 51.0 Å². The van der Waals surface area contributed by atoms with E-state index in [9.17, 15) is 13.2 Å². The van der Waals surface area contributed by atoms with Crippen LogP contribution in [0.1, 0.15) is 49.5 Å². The molecule has 0 aliphatic carbocycles. The molecule has 1 saturated heterocycles. The van der Waals surface area contributed by atoms with Crippen LogP contribution in [0.25, 0.3) is 0 Å². The Bertz CT molecular complexity index is 743. The summed E-state index contributed by atoms with van der Waals surface area (Å²) in [5.74, 6) is -0.529. The van der Waals surface area contributed by atoms with Crippen LogP contribution in [0.15, 0.2) is 23.1 Å². The van der Waals surface area contributed by atoms with Crippen LogP contribution in [0, 0.1) is 12.8 Å². The molecule has 1 fully saturated rings. The standard InChI is InChI=1S/C18H28N2O4S/c1-13-6-5-9-20(11-13)18(3,4)12-19-25(23,24)16-10-15(17(21)22)8-7-14(16)2/h7-8,10,13,19H,5-6,9,11-12H2,1-4H3,(H,21,22). The predicted molar refractivity (Wildman–Crippen MR) is 97.4 cm³/mol. The van der Waals surface area contributed by atoms with Crippen molar-refractivity contribution in [2.24, 2.45) is 5.92 Å². The number of rotatable bonds is 6. The number of hydrogen-bond acceptors (Lipinski definition) is 4. The first-order valence-electron chi connectivity index (χ1n) is 8.61. The summed E-state index contributed by atoms with van der Waals surface area (Å²) in [5.41, 5.74) is 0.192. The van der Waals surface area contributed by atoms with E-state index in [4.69, 9.17) is 5.11 Å². The minimum atomic E-state index is -3.77. The summed E-state index contributed by atoms with van der Waals surface area (Å²) in [6.45, 7) is 10.2. The molecule has 2 rings (SSSR count). The molecule has 0 radical (unpaired) electrons. The van der Waals surface area contributed by atoms with E-state index in [0.29, 0.717) is 11.5 Å². The molecule has 1 heterocycles. The number of benzene rings is 1. The average molecular weight is 368 g/mol. The van der Waals surface area contributed by atoms with Gasteiger partial charge < -0.3 is 5.11 Å². The molecule has 1 aromatic rings. The molecule has 140 valence electrons. The maximum Gasteiger partial charge on any atom is 0.335 e. The number of carbonyl (C=O) groups is 1. The molecule has 1 unspecified atom stereocenters. The highest BCUT2D eigenvalue weighted by molar-refractivity contribution is 7.89. The summed E-state index contributed by atoms with van der Waals surface area (Å²) < 4.78 is 28.1. The van der Waals surface area contributed by atoms with Gasteiger partial charge in [-0.05, 0) is 63.8 Å². The van der Waals surface area contributed by atoms with Crippen molar-refractivity contribution in [1.82, 2.24) is 9.62 Å². The second kappa shape index (κ2) is 7.43. The van der Waals surface area contributed by atoms with Crippen LogP contribution in [-0.4, -0.2) is 49.6 Å². The number of sulfonamides is 1. The van der Waals surface area contributed by atoms with E-state index in [1.54, 1.807) is 6.92 Å². The quantitative estimate of drug-likeness (QED) is 0.805. The summed E-state index contributed by atoms with van der Waals surface area (Å²) in [4.78, 5) is 13.5. The SMILES string of the molecule is Cc1ccc(C(=O)O)cc1S(=O)(=O)NCC(C)(C)N1CCCC(C)C1. The zero-order valence-electron chi connectivity index (χ0n) is 15.4. The first-order chi connectivity index (χ1) is 11.5. The highest BCUT2D eigenvalue weighted by atomic mass is 32.2. The smallest absolute Gasteiger partial charge is 0.335 e. The summed E-state index contributed by atoms with van der Waals surface area (Å²) in [5, 5.41) is 9.10. The van der Waals surface area contributed by atoms with Crippen LogP contribution >= 0.6 is 0 Å². The molecule has 7 heteroatoms. The van der Waals surface area contributed by atoms with Crippen LogP contribution in [0.4, 0.5) is 0 Å². The molecule has 1 aliphatic rings. The van der Waals surface area contributed by atoms with Crippen LogP contribution in [0.5, 0.6) is 0 Å². The lowest BCUT2D eigenvalue weighted by Crippen LogP contribution is -2.54. The molecule has 0 bridgehead atoms. The van der Waals surface area contributed by atoms with Crippen LogP contribution in [-0.2, 0) is 10.0 Å². The molecular formula is C18H28N2O4S. The number of piperidine rings is 1. The van der Waals surface area contributed by atoms with Crippen LogP contribution in [0.3, 0.4) is 0 Å². The van der Waals surface area contributed by atoms with E-state index in [-0.39, 0.29) is 22.5 Å². The number of carboxylic acids is 1. The highest BCUT2D eigenvalue weighted by Crippen LogP contribution is 2.24. The third-order valence-electron chi connectivity index (χ3n) is 4.93. The maximum atomic E-state index is 12.7. The zero-order valence-corrected chi connectivity index (χ0v) is 16.2. The van der Waals surface area contributed by atoms with Gasteiger partial charge in [0.05, 0.1) is 10.5 Å². The third kappa shape index (κ3) is 4.80. The minimum Gasteiger partial charge on any atom is -0.478 e. The monoisotopic (exact) mass is 368 g/mol. The summed E-state index contributed by atoms with van der Waals surface area (Å²) >= 11 is 0. The van der Waals surface area contributed by atoms with Crippen molar-refractivity contribution >= 4 is 16.0 Å². The molecule has 1 aromatic carbocycles. The predicted octanol–water partition coefficient (Wildman–Crippen LogP) is 2.48.